The third-order valence-corrected chi connectivity index (χ3v) is 4.79. The summed E-state index contributed by atoms with van der Waals surface area (Å²) in [7, 11) is 0. The van der Waals surface area contributed by atoms with Gasteiger partial charge < -0.3 is 14.6 Å². The number of nitrogens with zero attached hydrogens (tertiary/aromatic N) is 3. The van der Waals surface area contributed by atoms with Gasteiger partial charge in [-0.05, 0) is 55.2 Å². The first-order valence-electron chi connectivity index (χ1n) is 9.86. The Morgan fingerprint density at radius 2 is 2.13 bits per heavy atom. The van der Waals surface area contributed by atoms with E-state index in [2.05, 4.69) is 20.4 Å². The molecule has 1 amide bonds. The maximum absolute atomic E-state index is 12.4. The average Bonchev–Trinajstić information content (AvgIpc) is 3.21. The molecule has 2 aromatic heterocycles. The third kappa shape index (κ3) is 5.79. The van der Waals surface area contributed by atoms with Crippen LogP contribution in [-0.4, -0.2) is 27.6 Å². The van der Waals surface area contributed by atoms with Crippen LogP contribution in [-0.2, 0) is 4.79 Å². The summed E-state index contributed by atoms with van der Waals surface area (Å²) in [6.45, 7) is 6.36. The fraction of sp³-hybridized carbons (Fsp3) is 0.364. The molecule has 1 N–H and O–H groups in total. The van der Waals surface area contributed by atoms with Crippen LogP contribution in [0.5, 0.6) is 5.75 Å². The van der Waals surface area contributed by atoms with Crippen molar-refractivity contribution in [3.8, 4) is 17.1 Å². The molecule has 1 aromatic carbocycles. The zero-order valence-corrected chi connectivity index (χ0v) is 18.0. The van der Waals surface area contributed by atoms with E-state index in [9.17, 15) is 4.79 Å². The van der Waals surface area contributed by atoms with Gasteiger partial charge in [0, 0.05) is 29.4 Å². The molecule has 3 rings (SSSR count). The molecule has 0 saturated heterocycles. The minimum absolute atomic E-state index is 0.0871. The molecule has 0 aliphatic carbocycles. The number of pyridine rings is 1. The van der Waals surface area contributed by atoms with E-state index >= 15 is 0 Å². The van der Waals surface area contributed by atoms with Gasteiger partial charge in [0.2, 0.25) is 17.6 Å². The Balaban J connectivity index is 1.52. The summed E-state index contributed by atoms with van der Waals surface area (Å²) in [5.41, 5.74) is 1.73. The molecule has 0 aliphatic heterocycles. The van der Waals surface area contributed by atoms with Crippen LogP contribution in [0.1, 0.15) is 44.2 Å². The number of carbonyl (C=O) groups excluding carboxylic acids is 1. The van der Waals surface area contributed by atoms with Crippen molar-refractivity contribution in [1.29, 1.82) is 0 Å². The summed E-state index contributed by atoms with van der Waals surface area (Å²) >= 11 is 5.95. The van der Waals surface area contributed by atoms with Crippen molar-refractivity contribution in [2.75, 3.05) is 6.61 Å². The van der Waals surface area contributed by atoms with Crippen LogP contribution in [0.25, 0.3) is 11.4 Å². The van der Waals surface area contributed by atoms with Crippen LogP contribution in [0.4, 0.5) is 0 Å². The summed E-state index contributed by atoms with van der Waals surface area (Å²) in [5.74, 6) is 1.60. The van der Waals surface area contributed by atoms with Gasteiger partial charge in [0.05, 0.1) is 6.61 Å². The number of aromatic nitrogens is 3. The maximum atomic E-state index is 12.4. The van der Waals surface area contributed by atoms with Gasteiger partial charge in [-0.1, -0.05) is 30.6 Å². The number of amides is 1. The number of benzene rings is 1. The van der Waals surface area contributed by atoms with Gasteiger partial charge in [0.25, 0.3) is 0 Å². The number of carbonyl (C=O) groups is 1. The fourth-order valence-corrected chi connectivity index (χ4v) is 3.15. The van der Waals surface area contributed by atoms with Crippen molar-refractivity contribution >= 4 is 17.5 Å². The molecular weight excluding hydrogens is 404 g/mol. The molecule has 0 unspecified atom stereocenters. The standard InChI is InChI=1S/C22H25ClN4O3/c1-14(2)20(22-26-21(27-30-22)16-6-4-10-24-13-16)25-19(28)7-5-11-29-18-9-8-17(23)12-15(18)3/h4,6,8-10,12-14,20H,5,7,11H2,1-3H3,(H,25,28)/t20-/m1/s1. The number of hydrogen-bond donors (Lipinski definition) is 1. The van der Waals surface area contributed by atoms with Gasteiger partial charge in [-0.25, -0.2) is 0 Å². The van der Waals surface area contributed by atoms with Gasteiger partial charge in [-0.2, -0.15) is 4.98 Å². The highest BCUT2D eigenvalue weighted by atomic mass is 35.5. The van der Waals surface area contributed by atoms with Gasteiger partial charge in [0.15, 0.2) is 0 Å². The Kier molecular flexibility index (Phi) is 7.41. The van der Waals surface area contributed by atoms with Crippen LogP contribution in [0, 0.1) is 12.8 Å². The van der Waals surface area contributed by atoms with E-state index in [-0.39, 0.29) is 17.9 Å². The first-order valence-corrected chi connectivity index (χ1v) is 10.2. The van der Waals surface area contributed by atoms with Crippen LogP contribution in [0.2, 0.25) is 5.02 Å². The van der Waals surface area contributed by atoms with Gasteiger partial charge in [0.1, 0.15) is 11.8 Å². The Bertz CT molecular complexity index is 976. The van der Waals surface area contributed by atoms with Gasteiger partial charge in [-0.3, -0.25) is 9.78 Å². The molecule has 7 nitrogen and oxygen atoms in total. The number of halogens is 1. The Morgan fingerprint density at radius 1 is 1.30 bits per heavy atom. The molecule has 0 saturated carbocycles. The topological polar surface area (TPSA) is 90.1 Å². The van der Waals surface area contributed by atoms with Gasteiger partial charge >= 0.3 is 0 Å². The quantitative estimate of drug-likeness (QED) is 0.494. The van der Waals surface area contributed by atoms with E-state index in [0.717, 1.165) is 16.9 Å². The van der Waals surface area contributed by atoms with Crippen LogP contribution in [0.15, 0.2) is 47.2 Å². The molecule has 1 atom stereocenters. The highest BCUT2D eigenvalue weighted by Crippen LogP contribution is 2.24. The van der Waals surface area contributed by atoms with E-state index in [1.54, 1.807) is 24.5 Å². The zero-order valence-electron chi connectivity index (χ0n) is 17.3. The summed E-state index contributed by atoms with van der Waals surface area (Å²) in [6.07, 6.45) is 4.27. The number of hydrogen-bond acceptors (Lipinski definition) is 6. The fourth-order valence-electron chi connectivity index (χ4n) is 2.92. The zero-order chi connectivity index (χ0) is 21.5. The van der Waals surface area contributed by atoms with E-state index in [1.807, 2.05) is 39.0 Å². The molecule has 0 spiro atoms. The number of ether oxygens (including phenoxy) is 1. The normalized spacial score (nSPS) is 12.0. The first-order chi connectivity index (χ1) is 14.4. The van der Waals surface area contributed by atoms with Crippen molar-refractivity contribution in [3.05, 3.63) is 59.2 Å². The van der Waals surface area contributed by atoms with Crippen LogP contribution in [0.3, 0.4) is 0 Å². The van der Waals surface area contributed by atoms with E-state index in [4.69, 9.17) is 20.9 Å². The smallest absolute Gasteiger partial charge is 0.249 e. The van der Waals surface area contributed by atoms with Crippen molar-refractivity contribution in [2.45, 2.75) is 39.7 Å². The van der Waals surface area contributed by atoms with Gasteiger partial charge in [-0.15, -0.1) is 0 Å². The van der Waals surface area contributed by atoms with E-state index in [1.165, 1.54) is 0 Å². The summed E-state index contributed by atoms with van der Waals surface area (Å²) in [4.78, 5) is 20.9. The highest BCUT2D eigenvalue weighted by molar-refractivity contribution is 6.30. The Labute approximate surface area is 180 Å². The lowest BCUT2D eigenvalue weighted by Crippen LogP contribution is -2.32. The van der Waals surface area contributed by atoms with E-state index in [0.29, 0.717) is 36.2 Å². The minimum Gasteiger partial charge on any atom is -0.493 e. The van der Waals surface area contributed by atoms with Crippen molar-refractivity contribution in [3.63, 3.8) is 0 Å². The van der Waals surface area contributed by atoms with E-state index < -0.39 is 0 Å². The molecule has 0 radical (unpaired) electrons. The molecule has 0 bridgehead atoms. The number of aryl methyl sites for hydroxylation is 1. The van der Waals surface area contributed by atoms with Crippen LogP contribution < -0.4 is 10.1 Å². The van der Waals surface area contributed by atoms with Crippen LogP contribution >= 0.6 is 11.6 Å². The third-order valence-electron chi connectivity index (χ3n) is 4.55. The first kappa shape index (κ1) is 21.8. The molecule has 30 heavy (non-hydrogen) atoms. The average molecular weight is 429 g/mol. The van der Waals surface area contributed by atoms with Crippen molar-refractivity contribution in [2.24, 2.45) is 5.92 Å². The number of rotatable bonds is 9. The van der Waals surface area contributed by atoms with Crippen molar-refractivity contribution < 1.29 is 14.1 Å². The summed E-state index contributed by atoms with van der Waals surface area (Å²) < 4.78 is 11.2. The summed E-state index contributed by atoms with van der Waals surface area (Å²) in [5, 5.41) is 7.68. The molecular formula is C22H25ClN4O3. The lowest BCUT2D eigenvalue weighted by Gasteiger charge is -2.18. The molecule has 0 fully saturated rings. The lowest BCUT2D eigenvalue weighted by atomic mass is 10.0. The largest absolute Gasteiger partial charge is 0.493 e. The number of nitrogens with one attached hydrogen (secondary N) is 1. The lowest BCUT2D eigenvalue weighted by molar-refractivity contribution is -0.122. The second-order valence-electron chi connectivity index (χ2n) is 7.35. The Morgan fingerprint density at radius 3 is 2.83 bits per heavy atom. The molecule has 0 aliphatic rings. The maximum Gasteiger partial charge on any atom is 0.249 e. The minimum atomic E-state index is -0.366. The summed E-state index contributed by atoms with van der Waals surface area (Å²) in [6, 6.07) is 8.76. The second kappa shape index (κ2) is 10.2. The molecule has 3 aromatic rings. The molecule has 8 heteroatoms. The predicted molar refractivity (Wildman–Crippen MR) is 114 cm³/mol. The highest BCUT2D eigenvalue weighted by Gasteiger charge is 2.24. The molecule has 158 valence electrons. The second-order valence-corrected chi connectivity index (χ2v) is 7.79. The predicted octanol–water partition coefficient (Wildman–Crippen LogP) is 4.77. The molecule has 2 heterocycles. The monoisotopic (exact) mass is 428 g/mol. The van der Waals surface area contributed by atoms with Crippen molar-refractivity contribution in [1.82, 2.24) is 20.4 Å². The Hall–Kier alpha value is -2.93. The SMILES string of the molecule is Cc1cc(Cl)ccc1OCCCC(=O)N[C@@H](c1nc(-c2cccnc2)no1)C(C)C.